The number of aliphatic imine (C=N–C) groups is 1. The molecule has 0 N–H and O–H groups in total. The van der Waals surface area contributed by atoms with E-state index in [1.807, 2.05) is 6.92 Å². The van der Waals surface area contributed by atoms with E-state index in [4.69, 9.17) is 4.74 Å². The van der Waals surface area contributed by atoms with Crippen molar-refractivity contribution in [2.75, 3.05) is 0 Å². The quantitative estimate of drug-likeness (QED) is 0.471. The van der Waals surface area contributed by atoms with Crippen LogP contribution in [-0.4, -0.2) is 33.5 Å². The SMILES string of the molecule is C1c2nonc21.CC1=NC2CC2O1.c1noc2c1C2. The number of ether oxygens (including phenoxy) is 1. The number of fused-ring (bicyclic) bond motifs is 3. The average molecular weight is 260 g/mol. The van der Waals surface area contributed by atoms with Crippen LogP contribution in [0.25, 0.3) is 0 Å². The summed E-state index contributed by atoms with van der Waals surface area (Å²) >= 11 is 0. The summed E-state index contributed by atoms with van der Waals surface area (Å²) in [5.41, 5.74) is 3.32. The van der Waals surface area contributed by atoms with Crippen molar-refractivity contribution < 1.29 is 13.9 Å². The van der Waals surface area contributed by atoms with Gasteiger partial charge in [0.25, 0.3) is 0 Å². The van der Waals surface area contributed by atoms with Gasteiger partial charge in [0.05, 0.1) is 12.2 Å². The number of hydrogen-bond donors (Lipinski definition) is 0. The Balaban J connectivity index is 0.0000000767. The van der Waals surface area contributed by atoms with Gasteiger partial charge in [-0.15, -0.1) is 0 Å². The molecule has 6 rings (SSSR count). The van der Waals surface area contributed by atoms with Crippen molar-refractivity contribution in [1.82, 2.24) is 15.5 Å². The molecule has 0 radical (unpaired) electrons. The van der Waals surface area contributed by atoms with E-state index in [0.717, 1.165) is 42.3 Å². The van der Waals surface area contributed by atoms with Crippen molar-refractivity contribution in [3.05, 3.63) is 28.9 Å². The highest BCUT2D eigenvalue weighted by atomic mass is 16.6. The van der Waals surface area contributed by atoms with Crippen LogP contribution in [-0.2, 0) is 17.6 Å². The Morgan fingerprint density at radius 3 is 2.26 bits per heavy atom. The molecular formula is C12H12N4O3. The van der Waals surface area contributed by atoms with E-state index in [2.05, 4.69) is 29.6 Å². The van der Waals surface area contributed by atoms with E-state index in [9.17, 15) is 0 Å². The molecule has 0 saturated heterocycles. The summed E-state index contributed by atoms with van der Waals surface area (Å²) in [6, 6.07) is 0.556. The maximum atomic E-state index is 5.19. The van der Waals surface area contributed by atoms with Gasteiger partial charge in [-0.05, 0) is 0 Å². The Bertz CT molecular complexity index is 572. The van der Waals surface area contributed by atoms with Crippen LogP contribution in [0.15, 0.2) is 20.3 Å². The number of rotatable bonds is 0. The fourth-order valence-corrected chi connectivity index (χ4v) is 1.80. The van der Waals surface area contributed by atoms with Crippen molar-refractivity contribution in [2.45, 2.75) is 38.3 Å². The van der Waals surface area contributed by atoms with Gasteiger partial charge in [-0.2, -0.15) is 0 Å². The van der Waals surface area contributed by atoms with Gasteiger partial charge in [0.15, 0.2) is 5.90 Å². The predicted octanol–water partition coefficient (Wildman–Crippen LogP) is 1.13. The van der Waals surface area contributed by atoms with Gasteiger partial charge < -0.3 is 9.26 Å². The van der Waals surface area contributed by atoms with E-state index >= 15 is 0 Å². The van der Waals surface area contributed by atoms with Gasteiger partial charge in [-0.1, -0.05) is 15.5 Å². The number of nitrogens with zero attached hydrogens (tertiary/aromatic N) is 4. The van der Waals surface area contributed by atoms with Crippen molar-refractivity contribution in [3.8, 4) is 0 Å². The van der Waals surface area contributed by atoms with Crippen LogP contribution in [0.4, 0.5) is 0 Å². The zero-order valence-electron chi connectivity index (χ0n) is 10.4. The topological polar surface area (TPSA) is 86.5 Å². The van der Waals surface area contributed by atoms with Crippen molar-refractivity contribution >= 4 is 5.90 Å². The molecule has 3 heterocycles. The van der Waals surface area contributed by atoms with E-state index in [1.165, 1.54) is 5.56 Å². The maximum Gasteiger partial charge on any atom is 0.180 e. The monoisotopic (exact) mass is 260 g/mol. The minimum absolute atomic E-state index is 0.486. The third-order valence-corrected chi connectivity index (χ3v) is 3.17. The smallest absolute Gasteiger partial charge is 0.180 e. The van der Waals surface area contributed by atoms with Gasteiger partial charge in [0.2, 0.25) is 0 Å². The summed E-state index contributed by atoms with van der Waals surface area (Å²) in [4.78, 5) is 4.16. The highest BCUT2D eigenvalue weighted by Gasteiger charge is 2.44. The minimum atomic E-state index is 0.486. The van der Waals surface area contributed by atoms with Gasteiger partial charge >= 0.3 is 0 Å². The van der Waals surface area contributed by atoms with E-state index in [0.29, 0.717) is 12.1 Å². The molecule has 4 aliphatic rings. The van der Waals surface area contributed by atoms with Crippen LogP contribution in [0.2, 0.25) is 0 Å². The summed E-state index contributed by atoms with van der Waals surface area (Å²) in [5.74, 6) is 1.94. The second-order valence-corrected chi connectivity index (χ2v) is 4.89. The van der Waals surface area contributed by atoms with E-state index in [-0.39, 0.29) is 0 Å². The van der Waals surface area contributed by atoms with Crippen LogP contribution < -0.4 is 0 Å². The van der Waals surface area contributed by atoms with Crippen LogP contribution in [0.5, 0.6) is 0 Å². The summed E-state index contributed by atoms with van der Waals surface area (Å²) in [6.07, 6.45) is 5.41. The van der Waals surface area contributed by atoms with Crippen molar-refractivity contribution in [1.29, 1.82) is 0 Å². The second kappa shape index (κ2) is 3.91. The number of hydrogen-bond acceptors (Lipinski definition) is 7. The molecule has 0 amide bonds. The fourth-order valence-electron chi connectivity index (χ4n) is 1.80. The van der Waals surface area contributed by atoms with Gasteiger partial charge in [0.1, 0.15) is 23.3 Å². The zero-order valence-corrected chi connectivity index (χ0v) is 10.4. The van der Waals surface area contributed by atoms with Gasteiger partial charge in [0, 0.05) is 31.7 Å². The Labute approximate surface area is 108 Å². The first kappa shape index (κ1) is 10.7. The van der Waals surface area contributed by atoms with Crippen LogP contribution in [0.1, 0.15) is 36.1 Å². The largest absolute Gasteiger partial charge is 0.476 e. The Morgan fingerprint density at radius 2 is 2.05 bits per heavy atom. The molecule has 7 nitrogen and oxygen atoms in total. The minimum Gasteiger partial charge on any atom is -0.476 e. The number of aromatic nitrogens is 3. The highest BCUT2D eigenvalue weighted by Crippen LogP contribution is 2.34. The Kier molecular flexibility index (Phi) is 2.20. The normalized spacial score (nSPS) is 25.2. The molecule has 0 aromatic carbocycles. The molecule has 98 valence electrons. The van der Waals surface area contributed by atoms with Crippen molar-refractivity contribution in [2.24, 2.45) is 4.99 Å². The summed E-state index contributed by atoms with van der Waals surface area (Å²) in [5, 5.41) is 10.6. The molecule has 1 aliphatic heterocycles. The molecule has 1 saturated carbocycles. The van der Waals surface area contributed by atoms with E-state index in [1.54, 1.807) is 6.20 Å². The first-order chi connectivity index (χ1) is 9.29. The zero-order chi connectivity index (χ0) is 12.8. The molecule has 1 fully saturated rings. The lowest BCUT2D eigenvalue weighted by Gasteiger charge is -1.91. The third-order valence-electron chi connectivity index (χ3n) is 3.17. The van der Waals surface area contributed by atoms with Gasteiger partial charge in [-0.3, -0.25) is 0 Å². The molecule has 0 spiro atoms. The Hall–Kier alpha value is -2.18. The standard InChI is InChI=1S/C5H7NO.C4H3NO.C3H2N2O/c1-3-6-4-2-5(4)7-3;1-3-2-5-6-4(1)3;1-2-3(1)5-6-4-2/h4-5H,2H2,1H3;2H,1H2;1H2. The maximum absolute atomic E-state index is 5.19. The average Bonchev–Trinajstić information content (AvgIpc) is 3.37. The van der Waals surface area contributed by atoms with Crippen LogP contribution >= 0.6 is 0 Å². The summed E-state index contributed by atoms with van der Waals surface area (Å²) in [6.45, 7) is 1.91. The van der Waals surface area contributed by atoms with Crippen LogP contribution in [0.3, 0.4) is 0 Å². The molecule has 7 heteroatoms. The molecule has 2 aromatic heterocycles. The molecule has 3 aliphatic carbocycles. The fraction of sp³-hybridized carbons (Fsp3) is 0.500. The van der Waals surface area contributed by atoms with Crippen molar-refractivity contribution in [3.63, 3.8) is 0 Å². The molecule has 19 heavy (non-hydrogen) atoms. The van der Waals surface area contributed by atoms with Crippen LogP contribution in [0, 0.1) is 0 Å². The second-order valence-electron chi connectivity index (χ2n) is 4.89. The predicted molar refractivity (Wildman–Crippen MR) is 62.8 cm³/mol. The first-order valence-corrected chi connectivity index (χ1v) is 6.23. The molecule has 2 aromatic rings. The summed E-state index contributed by atoms with van der Waals surface area (Å²) < 4.78 is 14.1. The first-order valence-electron chi connectivity index (χ1n) is 6.23. The summed E-state index contributed by atoms with van der Waals surface area (Å²) in [7, 11) is 0. The molecule has 2 atom stereocenters. The van der Waals surface area contributed by atoms with E-state index < -0.39 is 0 Å². The van der Waals surface area contributed by atoms with Gasteiger partial charge in [-0.25, -0.2) is 9.62 Å². The molecule has 2 unspecified atom stereocenters. The lowest BCUT2D eigenvalue weighted by Crippen LogP contribution is -1.94. The third kappa shape index (κ3) is 2.35. The lowest BCUT2D eigenvalue weighted by atomic mass is 10.7. The highest BCUT2D eigenvalue weighted by molar-refractivity contribution is 5.76. The molecular weight excluding hydrogens is 248 g/mol. The Morgan fingerprint density at radius 1 is 1.21 bits per heavy atom. The lowest BCUT2D eigenvalue weighted by molar-refractivity contribution is 0.294. The molecule has 0 bridgehead atoms.